The Kier molecular flexibility index (Phi) is 2.33. The number of para-hydroxylation sites is 1. The van der Waals surface area contributed by atoms with E-state index in [0.717, 1.165) is 5.70 Å². The molecular weight excluding hydrogens is 254 g/mol. The maximum absolute atomic E-state index is 3.52. The second kappa shape index (κ2) is 4.05. The fourth-order valence-electron chi connectivity index (χ4n) is 2.39. The van der Waals surface area contributed by atoms with E-state index < -0.39 is 0 Å². The Bertz CT molecular complexity index is 626. The van der Waals surface area contributed by atoms with Gasteiger partial charge in [-0.2, -0.15) is 5.43 Å². The Balaban J connectivity index is 1.68. The maximum Gasteiger partial charge on any atom is 0.180 e. The van der Waals surface area contributed by atoms with Gasteiger partial charge in [-0.1, -0.05) is 54.2 Å². The van der Waals surface area contributed by atoms with Crippen molar-refractivity contribution in [3.63, 3.8) is 0 Å². The molecule has 2 aliphatic rings. The molecule has 4 heteroatoms. The van der Waals surface area contributed by atoms with Crippen molar-refractivity contribution in [3.8, 4) is 0 Å². The molecule has 3 N–H and O–H groups in total. The normalized spacial score (nSPS) is 23.7. The van der Waals surface area contributed by atoms with Crippen LogP contribution < -0.4 is 16.2 Å². The van der Waals surface area contributed by atoms with Gasteiger partial charge in [0.1, 0.15) is 0 Å². The van der Waals surface area contributed by atoms with Crippen LogP contribution in [0.15, 0.2) is 65.6 Å². The molecule has 0 fully saturated rings. The lowest BCUT2D eigenvalue weighted by molar-refractivity contribution is 0.602. The zero-order valence-electron chi connectivity index (χ0n) is 10.2. The molecule has 0 saturated heterocycles. The number of nitrogens with one attached hydrogen (secondary N) is 3. The van der Waals surface area contributed by atoms with Crippen molar-refractivity contribution in [1.82, 2.24) is 10.9 Å². The number of anilines is 1. The van der Waals surface area contributed by atoms with Crippen LogP contribution >= 0.6 is 11.8 Å². The van der Waals surface area contributed by atoms with Gasteiger partial charge in [-0.3, -0.25) is 0 Å². The monoisotopic (exact) mass is 267 g/mol. The summed E-state index contributed by atoms with van der Waals surface area (Å²) >= 11 is 1.78. The van der Waals surface area contributed by atoms with Crippen molar-refractivity contribution in [3.05, 3.63) is 66.2 Å². The maximum atomic E-state index is 3.52. The van der Waals surface area contributed by atoms with E-state index in [4.69, 9.17) is 0 Å². The molecule has 0 unspecified atom stereocenters. The third-order valence-electron chi connectivity index (χ3n) is 3.29. The van der Waals surface area contributed by atoms with Gasteiger partial charge in [0.25, 0.3) is 0 Å². The standard InChI is InChI=1S/C15H13N3S/c1-2-6-11(7-3-1)13-10-15(18-17-13)16-12-8-4-5-9-14(12)19-15/h1-10,16-18H/t15-/m1/s1. The highest BCUT2D eigenvalue weighted by atomic mass is 32.2. The molecule has 0 aliphatic carbocycles. The largest absolute Gasteiger partial charge is 0.353 e. The van der Waals surface area contributed by atoms with E-state index in [1.165, 1.54) is 16.1 Å². The van der Waals surface area contributed by atoms with Crippen LogP contribution in [-0.2, 0) is 0 Å². The summed E-state index contributed by atoms with van der Waals surface area (Å²) in [6.45, 7) is 0. The lowest BCUT2D eigenvalue weighted by atomic mass is 10.1. The Labute approximate surface area is 116 Å². The number of hydrogen-bond donors (Lipinski definition) is 3. The molecule has 0 radical (unpaired) electrons. The highest BCUT2D eigenvalue weighted by Gasteiger charge is 2.39. The first-order chi connectivity index (χ1) is 9.35. The minimum atomic E-state index is -0.283. The lowest BCUT2D eigenvalue weighted by Crippen LogP contribution is -2.45. The third-order valence-corrected chi connectivity index (χ3v) is 4.51. The Morgan fingerprint density at radius 2 is 1.68 bits per heavy atom. The Hall–Kier alpha value is -1.91. The van der Waals surface area contributed by atoms with Gasteiger partial charge in [-0.25, -0.2) is 0 Å². The van der Waals surface area contributed by atoms with Crippen LogP contribution in [0.2, 0.25) is 0 Å². The molecule has 19 heavy (non-hydrogen) atoms. The minimum Gasteiger partial charge on any atom is -0.353 e. The van der Waals surface area contributed by atoms with Gasteiger partial charge in [-0.05, 0) is 23.8 Å². The second-order valence-electron chi connectivity index (χ2n) is 4.63. The van der Waals surface area contributed by atoms with Crippen LogP contribution in [0.5, 0.6) is 0 Å². The molecule has 2 aromatic carbocycles. The second-order valence-corrected chi connectivity index (χ2v) is 5.92. The summed E-state index contributed by atoms with van der Waals surface area (Å²) in [4.78, 5) is 0.983. The molecule has 1 spiro atoms. The highest BCUT2D eigenvalue weighted by molar-refractivity contribution is 8.01. The Morgan fingerprint density at radius 3 is 2.53 bits per heavy atom. The van der Waals surface area contributed by atoms with Crippen LogP contribution in [-0.4, -0.2) is 4.99 Å². The zero-order chi connectivity index (χ0) is 12.7. The van der Waals surface area contributed by atoms with Crippen molar-refractivity contribution in [2.45, 2.75) is 9.89 Å². The van der Waals surface area contributed by atoms with E-state index in [1.807, 2.05) is 18.2 Å². The van der Waals surface area contributed by atoms with E-state index in [9.17, 15) is 0 Å². The van der Waals surface area contributed by atoms with Crippen LogP contribution in [0.1, 0.15) is 5.56 Å². The van der Waals surface area contributed by atoms with E-state index in [2.05, 4.69) is 58.6 Å². The van der Waals surface area contributed by atoms with Crippen LogP contribution in [0.4, 0.5) is 5.69 Å². The molecule has 0 bridgehead atoms. The summed E-state index contributed by atoms with van der Waals surface area (Å²) in [6.07, 6.45) is 2.20. The fraction of sp³-hybridized carbons (Fsp3) is 0.0667. The SMILES string of the molecule is C1=C(c2ccccc2)NN[C@]12Nc1ccccc1S2. The van der Waals surface area contributed by atoms with Gasteiger partial charge in [-0.15, -0.1) is 0 Å². The number of rotatable bonds is 1. The third kappa shape index (κ3) is 1.80. The van der Waals surface area contributed by atoms with E-state index in [-0.39, 0.29) is 4.99 Å². The molecule has 1 atom stereocenters. The number of benzene rings is 2. The molecule has 0 amide bonds. The molecule has 3 nitrogen and oxygen atoms in total. The first-order valence-electron chi connectivity index (χ1n) is 6.22. The summed E-state index contributed by atoms with van der Waals surface area (Å²) in [7, 11) is 0. The van der Waals surface area contributed by atoms with Gasteiger partial charge in [0, 0.05) is 4.90 Å². The quantitative estimate of drug-likeness (QED) is 0.742. The summed E-state index contributed by atoms with van der Waals surface area (Å²) < 4.78 is 0. The average molecular weight is 267 g/mol. The van der Waals surface area contributed by atoms with E-state index in [0.29, 0.717) is 0 Å². The zero-order valence-corrected chi connectivity index (χ0v) is 11.0. The van der Waals surface area contributed by atoms with Gasteiger partial charge in [0.05, 0.1) is 11.4 Å². The van der Waals surface area contributed by atoms with Crippen LogP contribution in [0.25, 0.3) is 5.70 Å². The summed E-state index contributed by atoms with van der Waals surface area (Å²) in [5, 5.41) is 3.52. The van der Waals surface area contributed by atoms with Gasteiger partial charge < -0.3 is 10.7 Å². The lowest BCUT2D eigenvalue weighted by Gasteiger charge is -2.20. The molecule has 0 saturated carbocycles. The predicted molar refractivity (Wildman–Crippen MR) is 79.3 cm³/mol. The number of hydrogen-bond acceptors (Lipinski definition) is 4. The predicted octanol–water partition coefficient (Wildman–Crippen LogP) is 3.01. The molecule has 2 aromatic rings. The number of hydrazine groups is 1. The van der Waals surface area contributed by atoms with Gasteiger partial charge in [0.15, 0.2) is 4.99 Å². The van der Waals surface area contributed by atoms with Crippen LogP contribution in [0.3, 0.4) is 0 Å². The number of thioether (sulfide) groups is 1. The molecule has 2 heterocycles. The first kappa shape index (κ1) is 11.0. The molecule has 94 valence electrons. The van der Waals surface area contributed by atoms with Gasteiger partial charge in [0.2, 0.25) is 0 Å². The van der Waals surface area contributed by atoms with Gasteiger partial charge >= 0.3 is 0 Å². The van der Waals surface area contributed by atoms with E-state index in [1.54, 1.807) is 11.8 Å². The summed E-state index contributed by atoms with van der Waals surface area (Å²) in [5.41, 5.74) is 10.1. The van der Waals surface area contributed by atoms with Crippen molar-refractivity contribution in [2.24, 2.45) is 0 Å². The fourth-order valence-corrected chi connectivity index (χ4v) is 3.55. The average Bonchev–Trinajstić information content (AvgIpc) is 3.03. The molecule has 4 rings (SSSR count). The molecular formula is C15H13N3S. The van der Waals surface area contributed by atoms with Crippen molar-refractivity contribution in [2.75, 3.05) is 5.32 Å². The summed E-state index contributed by atoms with van der Waals surface area (Å²) in [5.74, 6) is 0. The van der Waals surface area contributed by atoms with Crippen molar-refractivity contribution in [1.29, 1.82) is 0 Å². The highest BCUT2D eigenvalue weighted by Crippen LogP contribution is 2.46. The van der Waals surface area contributed by atoms with Crippen LogP contribution in [0, 0.1) is 0 Å². The first-order valence-corrected chi connectivity index (χ1v) is 7.04. The minimum absolute atomic E-state index is 0.283. The van der Waals surface area contributed by atoms with E-state index >= 15 is 0 Å². The topological polar surface area (TPSA) is 36.1 Å². The smallest absolute Gasteiger partial charge is 0.180 e. The van der Waals surface area contributed by atoms with Crippen molar-refractivity contribution < 1.29 is 0 Å². The molecule has 0 aromatic heterocycles. The Morgan fingerprint density at radius 1 is 0.895 bits per heavy atom. The molecule has 2 aliphatic heterocycles. The summed E-state index contributed by atoms with van der Waals surface area (Å²) in [6, 6.07) is 18.7. The van der Waals surface area contributed by atoms with Crippen molar-refractivity contribution >= 4 is 23.1 Å². The number of fused-ring (bicyclic) bond motifs is 1.